The number of alkyl halides is 3. The zero-order chi connectivity index (χ0) is 15.5. The van der Waals surface area contributed by atoms with Crippen molar-refractivity contribution in [2.45, 2.75) is 44.4 Å². The van der Waals surface area contributed by atoms with Gasteiger partial charge < -0.3 is 15.2 Å². The van der Waals surface area contributed by atoms with Crippen LogP contribution in [0.25, 0.3) is 0 Å². The zero-order valence-electron chi connectivity index (χ0n) is 11.9. The van der Waals surface area contributed by atoms with E-state index in [0.29, 0.717) is 5.69 Å². The Hall–Kier alpha value is -1.50. The second kappa shape index (κ2) is 6.51. The van der Waals surface area contributed by atoms with Crippen LogP contribution in [0.15, 0.2) is 18.3 Å². The first-order valence-corrected chi connectivity index (χ1v) is 7.12. The van der Waals surface area contributed by atoms with Crippen molar-refractivity contribution in [2.24, 2.45) is 0 Å². The van der Waals surface area contributed by atoms with Crippen molar-refractivity contribution in [1.29, 1.82) is 0 Å². The summed E-state index contributed by atoms with van der Waals surface area (Å²) in [5.74, 6) is -0.449. The SMILES string of the molecule is CC(CC(F)(F)F)NC(=O)c1cccn1C1CCNCC1. The summed E-state index contributed by atoms with van der Waals surface area (Å²) in [6.07, 6.45) is -1.66. The third kappa shape index (κ3) is 4.49. The van der Waals surface area contributed by atoms with E-state index in [1.54, 1.807) is 12.1 Å². The fraction of sp³-hybridized carbons (Fsp3) is 0.643. The highest BCUT2D eigenvalue weighted by Crippen LogP contribution is 2.23. The van der Waals surface area contributed by atoms with E-state index in [0.717, 1.165) is 25.9 Å². The van der Waals surface area contributed by atoms with E-state index in [-0.39, 0.29) is 6.04 Å². The molecule has 1 aliphatic rings. The van der Waals surface area contributed by atoms with E-state index in [1.807, 2.05) is 10.8 Å². The van der Waals surface area contributed by atoms with Crippen molar-refractivity contribution >= 4 is 5.91 Å². The van der Waals surface area contributed by atoms with Crippen LogP contribution < -0.4 is 10.6 Å². The van der Waals surface area contributed by atoms with Gasteiger partial charge in [0.2, 0.25) is 0 Å². The number of amides is 1. The molecule has 1 saturated heterocycles. The van der Waals surface area contributed by atoms with Crippen LogP contribution in [0, 0.1) is 0 Å². The lowest BCUT2D eigenvalue weighted by molar-refractivity contribution is -0.138. The average molecular weight is 303 g/mol. The molecule has 1 aromatic heterocycles. The first-order valence-electron chi connectivity index (χ1n) is 7.12. The van der Waals surface area contributed by atoms with Gasteiger partial charge in [-0.1, -0.05) is 0 Å². The summed E-state index contributed by atoms with van der Waals surface area (Å²) in [6.45, 7) is 3.13. The van der Waals surface area contributed by atoms with Gasteiger partial charge >= 0.3 is 6.18 Å². The molecule has 0 spiro atoms. The van der Waals surface area contributed by atoms with Crippen molar-refractivity contribution in [1.82, 2.24) is 15.2 Å². The first kappa shape index (κ1) is 15.9. The number of piperidine rings is 1. The number of hydrogen-bond donors (Lipinski definition) is 2. The lowest BCUT2D eigenvalue weighted by Gasteiger charge is -2.26. The molecule has 0 bridgehead atoms. The topological polar surface area (TPSA) is 46.1 Å². The van der Waals surface area contributed by atoms with Crippen LogP contribution in [-0.4, -0.2) is 35.8 Å². The first-order chi connectivity index (χ1) is 9.87. The standard InChI is InChI=1S/C14H20F3N3O/c1-10(9-14(15,16)17)19-13(21)12-3-2-8-20(12)11-4-6-18-7-5-11/h2-3,8,10-11,18H,4-7,9H2,1H3,(H,19,21). The molecule has 21 heavy (non-hydrogen) atoms. The summed E-state index contributed by atoms with van der Waals surface area (Å²) in [6, 6.07) is 2.69. The van der Waals surface area contributed by atoms with E-state index in [2.05, 4.69) is 10.6 Å². The second-order valence-corrected chi connectivity index (χ2v) is 5.48. The van der Waals surface area contributed by atoms with Gasteiger partial charge in [0, 0.05) is 18.3 Å². The molecule has 0 saturated carbocycles. The maximum absolute atomic E-state index is 12.3. The Bertz CT molecular complexity index is 478. The van der Waals surface area contributed by atoms with Crippen molar-refractivity contribution in [3.63, 3.8) is 0 Å². The minimum Gasteiger partial charge on any atom is -0.348 e. The summed E-state index contributed by atoms with van der Waals surface area (Å²) < 4.78 is 38.8. The van der Waals surface area contributed by atoms with E-state index in [4.69, 9.17) is 0 Å². The Labute approximate surface area is 121 Å². The Morgan fingerprint density at radius 1 is 1.48 bits per heavy atom. The van der Waals surface area contributed by atoms with Gasteiger partial charge in [-0.15, -0.1) is 0 Å². The van der Waals surface area contributed by atoms with Crippen molar-refractivity contribution in [3.8, 4) is 0 Å². The van der Waals surface area contributed by atoms with Crippen molar-refractivity contribution in [2.75, 3.05) is 13.1 Å². The second-order valence-electron chi connectivity index (χ2n) is 5.48. The Morgan fingerprint density at radius 3 is 2.76 bits per heavy atom. The quantitative estimate of drug-likeness (QED) is 0.897. The molecule has 1 amide bonds. The molecule has 0 aromatic carbocycles. The molecule has 1 fully saturated rings. The Kier molecular flexibility index (Phi) is 4.92. The van der Waals surface area contributed by atoms with Crippen molar-refractivity contribution < 1.29 is 18.0 Å². The number of halogens is 3. The Balaban J connectivity index is 2.01. The van der Waals surface area contributed by atoms with Gasteiger partial charge in [0.05, 0.1) is 6.42 Å². The number of carbonyl (C=O) groups is 1. The fourth-order valence-electron chi connectivity index (χ4n) is 2.69. The highest BCUT2D eigenvalue weighted by Gasteiger charge is 2.31. The molecule has 0 radical (unpaired) electrons. The molecule has 0 aliphatic carbocycles. The van der Waals surface area contributed by atoms with Gasteiger partial charge in [-0.3, -0.25) is 4.79 Å². The monoisotopic (exact) mass is 303 g/mol. The summed E-state index contributed by atoms with van der Waals surface area (Å²) in [4.78, 5) is 12.2. The number of aromatic nitrogens is 1. The fourth-order valence-corrected chi connectivity index (χ4v) is 2.69. The van der Waals surface area contributed by atoms with Gasteiger partial charge in [0.1, 0.15) is 5.69 Å². The highest BCUT2D eigenvalue weighted by atomic mass is 19.4. The minimum absolute atomic E-state index is 0.222. The molecular weight excluding hydrogens is 283 g/mol. The maximum Gasteiger partial charge on any atom is 0.391 e. The number of nitrogens with zero attached hydrogens (tertiary/aromatic N) is 1. The third-order valence-electron chi connectivity index (χ3n) is 3.63. The predicted molar refractivity (Wildman–Crippen MR) is 73.2 cm³/mol. The molecule has 4 nitrogen and oxygen atoms in total. The molecule has 2 rings (SSSR count). The van der Waals surface area contributed by atoms with Crippen LogP contribution in [-0.2, 0) is 0 Å². The van der Waals surface area contributed by atoms with Gasteiger partial charge in [-0.25, -0.2) is 0 Å². The van der Waals surface area contributed by atoms with Gasteiger partial charge in [0.15, 0.2) is 0 Å². The normalized spacial score (nSPS) is 18.5. The van der Waals surface area contributed by atoms with E-state index < -0.39 is 24.5 Å². The summed E-state index contributed by atoms with van der Waals surface area (Å²) >= 11 is 0. The Morgan fingerprint density at radius 2 is 2.14 bits per heavy atom. The molecule has 118 valence electrons. The molecule has 2 N–H and O–H groups in total. The van der Waals surface area contributed by atoms with E-state index in [1.165, 1.54) is 6.92 Å². The molecule has 1 aromatic rings. The van der Waals surface area contributed by atoms with Crippen LogP contribution in [0.3, 0.4) is 0 Å². The molecular formula is C14H20F3N3O. The van der Waals surface area contributed by atoms with E-state index in [9.17, 15) is 18.0 Å². The lowest BCUT2D eigenvalue weighted by Crippen LogP contribution is -2.38. The molecule has 2 heterocycles. The number of nitrogens with one attached hydrogen (secondary N) is 2. The molecule has 1 unspecified atom stereocenters. The minimum atomic E-state index is -4.27. The van der Waals surface area contributed by atoms with Crippen LogP contribution in [0.5, 0.6) is 0 Å². The molecule has 1 aliphatic heterocycles. The molecule has 7 heteroatoms. The molecule has 1 atom stereocenters. The smallest absolute Gasteiger partial charge is 0.348 e. The maximum atomic E-state index is 12.3. The number of rotatable bonds is 4. The average Bonchev–Trinajstić information content (AvgIpc) is 2.86. The van der Waals surface area contributed by atoms with Gasteiger partial charge in [-0.2, -0.15) is 13.2 Å². The van der Waals surface area contributed by atoms with Crippen LogP contribution >= 0.6 is 0 Å². The van der Waals surface area contributed by atoms with Gasteiger partial charge in [-0.05, 0) is 45.0 Å². The third-order valence-corrected chi connectivity index (χ3v) is 3.63. The number of carbonyl (C=O) groups excluding carboxylic acids is 1. The summed E-state index contributed by atoms with van der Waals surface area (Å²) in [5.41, 5.74) is 0.427. The zero-order valence-corrected chi connectivity index (χ0v) is 11.9. The number of hydrogen-bond acceptors (Lipinski definition) is 2. The summed E-state index contributed by atoms with van der Waals surface area (Å²) in [7, 11) is 0. The highest BCUT2D eigenvalue weighted by molar-refractivity contribution is 5.93. The van der Waals surface area contributed by atoms with Crippen LogP contribution in [0.1, 0.15) is 42.7 Å². The van der Waals surface area contributed by atoms with Crippen LogP contribution in [0.2, 0.25) is 0 Å². The lowest BCUT2D eigenvalue weighted by atomic mass is 10.1. The van der Waals surface area contributed by atoms with Crippen molar-refractivity contribution in [3.05, 3.63) is 24.0 Å². The predicted octanol–water partition coefficient (Wildman–Crippen LogP) is 2.48. The van der Waals surface area contributed by atoms with E-state index >= 15 is 0 Å². The summed E-state index contributed by atoms with van der Waals surface area (Å²) in [5, 5.41) is 5.67. The van der Waals surface area contributed by atoms with Crippen LogP contribution in [0.4, 0.5) is 13.2 Å². The largest absolute Gasteiger partial charge is 0.391 e. The van der Waals surface area contributed by atoms with Gasteiger partial charge in [0.25, 0.3) is 5.91 Å².